The van der Waals surface area contributed by atoms with Crippen LogP contribution in [0.3, 0.4) is 0 Å². The molecule has 21 heavy (non-hydrogen) atoms. The van der Waals surface area contributed by atoms with Crippen LogP contribution in [0.1, 0.15) is 37.8 Å². The minimum absolute atomic E-state index is 0.552. The highest BCUT2D eigenvalue weighted by molar-refractivity contribution is 5.81. The summed E-state index contributed by atoms with van der Waals surface area (Å²) in [7, 11) is 0. The van der Waals surface area contributed by atoms with Gasteiger partial charge in [0.1, 0.15) is 5.69 Å². The summed E-state index contributed by atoms with van der Waals surface area (Å²) in [5, 5.41) is 23.7. The van der Waals surface area contributed by atoms with Gasteiger partial charge in [-0.1, -0.05) is 30.3 Å². The van der Waals surface area contributed by atoms with Crippen LogP contribution in [0.25, 0.3) is 10.9 Å². The van der Waals surface area contributed by atoms with Crippen LogP contribution in [-0.2, 0) is 13.1 Å². The van der Waals surface area contributed by atoms with E-state index in [1.165, 1.54) is 0 Å². The number of benzene rings is 1. The van der Waals surface area contributed by atoms with Crippen molar-refractivity contribution in [1.82, 2.24) is 24.8 Å². The minimum Gasteiger partial charge on any atom is -0.387 e. The van der Waals surface area contributed by atoms with Crippen LogP contribution in [0.2, 0.25) is 0 Å². The summed E-state index contributed by atoms with van der Waals surface area (Å²) in [5.74, 6) is 0. The smallest absolute Gasteiger partial charge is 0.111 e. The van der Waals surface area contributed by atoms with Crippen LogP contribution in [-0.4, -0.2) is 29.9 Å². The summed E-state index contributed by atoms with van der Waals surface area (Å²) in [6.07, 6.45) is 1.86. The molecule has 3 rings (SSSR count). The molecule has 1 aromatic carbocycles. The molecule has 0 saturated heterocycles. The molecule has 3 aromatic rings. The first-order valence-corrected chi connectivity index (χ1v) is 7.25. The fourth-order valence-corrected chi connectivity index (χ4v) is 2.46. The normalized spacial score (nSPS) is 12.9. The molecule has 0 saturated carbocycles. The Kier molecular flexibility index (Phi) is 3.70. The molecule has 1 atom stereocenters. The van der Waals surface area contributed by atoms with Gasteiger partial charge in [-0.05, 0) is 19.4 Å². The van der Waals surface area contributed by atoms with Gasteiger partial charge in [-0.3, -0.25) is 4.68 Å². The zero-order valence-corrected chi connectivity index (χ0v) is 12.3. The quantitative estimate of drug-likeness (QED) is 0.780. The van der Waals surface area contributed by atoms with Gasteiger partial charge < -0.3 is 5.11 Å². The maximum Gasteiger partial charge on any atom is 0.111 e. The van der Waals surface area contributed by atoms with Crippen molar-refractivity contribution in [2.45, 2.75) is 39.5 Å². The lowest BCUT2D eigenvalue weighted by atomic mass is 10.2. The molecule has 0 aliphatic carbocycles. The summed E-state index contributed by atoms with van der Waals surface area (Å²) in [6, 6.07) is 8.18. The van der Waals surface area contributed by atoms with Crippen LogP contribution >= 0.6 is 0 Å². The number of hydrogen-bond acceptors (Lipinski definition) is 4. The summed E-state index contributed by atoms with van der Waals surface area (Å²) >= 11 is 0. The first-order valence-electron chi connectivity index (χ1n) is 7.25. The van der Waals surface area contributed by atoms with Crippen LogP contribution in [0.15, 0.2) is 30.5 Å². The number of hydrogen-bond donors (Lipinski definition) is 1. The van der Waals surface area contributed by atoms with Crippen molar-refractivity contribution in [3.05, 3.63) is 41.9 Å². The summed E-state index contributed by atoms with van der Waals surface area (Å²) in [5.41, 5.74) is 2.70. The number of aromatic nitrogens is 5. The Labute approximate surface area is 123 Å². The Morgan fingerprint density at radius 2 is 2.05 bits per heavy atom. The maximum absolute atomic E-state index is 9.79. The van der Waals surface area contributed by atoms with Crippen molar-refractivity contribution < 1.29 is 5.11 Å². The van der Waals surface area contributed by atoms with Gasteiger partial charge in [0, 0.05) is 11.9 Å². The first-order chi connectivity index (χ1) is 10.2. The average molecular weight is 285 g/mol. The van der Waals surface area contributed by atoms with E-state index in [-0.39, 0.29) is 0 Å². The van der Waals surface area contributed by atoms with Crippen LogP contribution in [0, 0.1) is 0 Å². The molecule has 110 valence electrons. The molecule has 0 radical (unpaired) electrons. The van der Waals surface area contributed by atoms with E-state index >= 15 is 0 Å². The second-order valence-electron chi connectivity index (χ2n) is 5.04. The van der Waals surface area contributed by atoms with E-state index in [2.05, 4.69) is 34.5 Å². The van der Waals surface area contributed by atoms with Gasteiger partial charge in [0.15, 0.2) is 0 Å². The number of fused-ring (bicyclic) bond motifs is 1. The van der Waals surface area contributed by atoms with Crippen molar-refractivity contribution in [3.8, 4) is 0 Å². The SMILES string of the molecule is CCC(O)c1cn(Cc2nn(CC)c3ccccc23)nn1. The lowest BCUT2D eigenvalue weighted by molar-refractivity contribution is 0.168. The maximum atomic E-state index is 9.79. The van der Waals surface area contributed by atoms with E-state index in [1.54, 1.807) is 10.9 Å². The number of nitrogens with zero attached hydrogens (tertiary/aromatic N) is 5. The van der Waals surface area contributed by atoms with Crippen molar-refractivity contribution in [2.75, 3.05) is 0 Å². The van der Waals surface area contributed by atoms with E-state index in [0.29, 0.717) is 18.7 Å². The predicted molar refractivity (Wildman–Crippen MR) is 79.8 cm³/mol. The van der Waals surface area contributed by atoms with Crippen molar-refractivity contribution in [2.24, 2.45) is 0 Å². The minimum atomic E-state index is -0.552. The Morgan fingerprint density at radius 1 is 1.24 bits per heavy atom. The third-order valence-corrected chi connectivity index (χ3v) is 3.63. The number of aliphatic hydroxyl groups excluding tert-OH is 1. The third kappa shape index (κ3) is 2.54. The second-order valence-corrected chi connectivity index (χ2v) is 5.04. The van der Waals surface area contributed by atoms with Gasteiger partial charge >= 0.3 is 0 Å². The van der Waals surface area contributed by atoms with Gasteiger partial charge in [-0.25, -0.2) is 4.68 Å². The van der Waals surface area contributed by atoms with Gasteiger partial charge in [-0.2, -0.15) is 5.10 Å². The van der Waals surface area contributed by atoms with Crippen LogP contribution in [0.5, 0.6) is 0 Å². The summed E-state index contributed by atoms with van der Waals surface area (Å²) in [6.45, 7) is 5.38. The predicted octanol–water partition coefficient (Wildman–Crippen LogP) is 2.14. The lowest BCUT2D eigenvalue weighted by Gasteiger charge is -2.00. The monoisotopic (exact) mass is 285 g/mol. The van der Waals surface area contributed by atoms with E-state index in [1.807, 2.05) is 23.7 Å². The molecular formula is C15H19N5O. The highest BCUT2D eigenvalue weighted by Crippen LogP contribution is 2.19. The van der Waals surface area contributed by atoms with Crippen molar-refractivity contribution in [3.63, 3.8) is 0 Å². The average Bonchev–Trinajstić information content (AvgIpc) is 3.12. The molecule has 6 heteroatoms. The third-order valence-electron chi connectivity index (χ3n) is 3.63. The second kappa shape index (κ2) is 5.65. The Hall–Kier alpha value is -2.21. The number of aryl methyl sites for hydroxylation is 1. The Morgan fingerprint density at radius 3 is 2.81 bits per heavy atom. The van der Waals surface area contributed by atoms with Crippen molar-refractivity contribution in [1.29, 1.82) is 0 Å². The van der Waals surface area contributed by atoms with E-state index < -0.39 is 6.10 Å². The molecule has 1 N–H and O–H groups in total. The van der Waals surface area contributed by atoms with E-state index in [9.17, 15) is 5.11 Å². The largest absolute Gasteiger partial charge is 0.387 e. The zero-order chi connectivity index (χ0) is 14.8. The first kappa shape index (κ1) is 13.8. The van der Waals surface area contributed by atoms with E-state index in [0.717, 1.165) is 23.1 Å². The van der Waals surface area contributed by atoms with Gasteiger partial charge in [0.2, 0.25) is 0 Å². The number of aliphatic hydroxyl groups is 1. The van der Waals surface area contributed by atoms with Gasteiger partial charge in [-0.15, -0.1) is 5.10 Å². The van der Waals surface area contributed by atoms with Gasteiger partial charge in [0.25, 0.3) is 0 Å². The Balaban J connectivity index is 1.93. The molecule has 0 aliphatic heterocycles. The van der Waals surface area contributed by atoms with Crippen molar-refractivity contribution >= 4 is 10.9 Å². The highest BCUT2D eigenvalue weighted by atomic mass is 16.3. The number of rotatable bonds is 5. The van der Waals surface area contributed by atoms with E-state index in [4.69, 9.17) is 0 Å². The van der Waals surface area contributed by atoms with Gasteiger partial charge in [0.05, 0.1) is 30.1 Å². The van der Waals surface area contributed by atoms with Crippen LogP contribution in [0.4, 0.5) is 0 Å². The fraction of sp³-hybridized carbons (Fsp3) is 0.400. The molecule has 0 bridgehead atoms. The molecule has 6 nitrogen and oxygen atoms in total. The zero-order valence-electron chi connectivity index (χ0n) is 12.3. The standard InChI is InChI=1S/C15H19N5O/c1-3-15(21)13-10-19(18-16-13)9-12-11-7-5-6-8-14(11)20(4-2)17-12/h5-8,10,15,21H,3-4,9H2,1-2H3. The molecule has 2 heterocycles. The molecule has 2 aromatic heterocycles. The summed E-state index contributed by atoms with van der Waals surface area (Å²) < 4.78 is 3.71. The Bertz CT molecular complexity index is 745. The lowest BCUT2D eigenvalue weighted by Crippen LogP contribution is -2.03. The topological polar surface area (TPSA) is 68.8 Å². The fourth-order valence-electron chi connectivity index (χ4n) is 2.46. The molecular weight excluding hydrogens is 266 g/mol. The summed E-state index contributed by atoms with van der Waals surface area (Å²) in [4.78, 5) is 0. The molecule has 0 aliphatic rings. The van der Waals surface area contributed by atoms with Crippen LogP contribution < -0.4 is 0 Å². The molecule has 0 spiro atoms. The number of para-hydroxylation sites is 1. The highest BCUT2D eigenvalue weighted by Gasteiger charge is 2.13. The molecule has 0 fully saturated rings. The molecule has 1 unspecified atom stereocenters. The molecule has 0 amide bonds.